The first-order valence-electron chi connectivity index (χ1n) is 5.97. The van der Waals surface area contributed by atoms with Gasteiger partial charge in [0.15, 0.2) is 0 Å². The Balaban J connectivity index is 2.86. The Hall–Kier alpha value is -0.730. The van der Waals surface area contributed by atoms with Crippen LogP contribution in [0.15, 0.2) is 12.1 Å². The van der Waals surface area contributed by atoms with Crippen molar-refractivity contribution in [2.24, 2.45) is 5.73 Å². The van der Waals surface area contributed by atoms with Gasteiger partial charge in [-0.05, 0) is 51.3 Å². The Bertz CT molecular complexity index is 371. The van der Waals surface area contributed by atoms with E-state index >= 15 is 0 Å². The minimum Gasteiger partial charge on any atom is -0.373 e. The van der Waals surface area contributed by atoms with Gasteiger partial charge in [-0.25, -0.2) is 0 Å². The molecule has 1 aromatic carbocycles. The molecule has 0 bridgehead atoms. The average molecular weight is 255 g/mol. The number of halogens is 1. The average Bonchev–Trinajstić information content (AvgIpc) is 2.11. The Morgan fingerprint density at radius 3 is 2.35 bits per heavy atom. The third-order valence-electron chi connectivity index (χ3n) is 2.87. The van der Waals surface area contributed by atoms with Crippen molar-refractivity contribution in [1.29, 1.82) is 0 Å². The monoisotopic (exact) mass is 254 g/mol. The van der Waals surface area contributed by atoms with Crippen LogP contribution in [0.1, 0.15) is 31.4 Å². The molecule has 0 heterocycles. The predicted octanol–water partition coefficient (Wildman–Crippen LogP) is 3.52. The van der Waals surface area contributed by atoms with Crippen LogP contribution in [0.3, 0.4) is 0 Å². The number of nitrogens with zero attached hydrogens (tertiary/aromatic N) is 1. The highest BCUT2D eigenvalue weighted by Crippen LogP contribution is 2.30. The first-order valence-corrected chi connectivity index (χ1v) is 6.35. The van der Waals surface area contributed by atoms with Crippen LogP contribution in [0.25, 0.3) is 0 Å². The molecule has 0 aliphatic rings. The molecule has 0 saturated heterocycles. The molecule has 1 rings (SSSR count). The summed E-state index contributed by atoms with van der Waals surface area (Å²) >= 11 is 6.31. The molecular formula is C14H23ClN2. The van der Waals surface area contributed by atoms with Crippen LogP contribution in [0.5, 0.6) is 0 Å². The van der Waals surface area contributed by atoms with Crippen molar-refractivity contribution < 1.29 is 0 Å². The molecule has 0 atom stereocenters. The predicted molar refractivity (Wildman–Crippen MR) is 77.1 cm³/mol. The zero-order valence-corrected chi connectivity index (χ0v) is 12.2. The van der Waals surface area contributed by atoms with Crippen LogP contribution in [0.2, 0.25) is 5.02 Å². The highest BCUT2D eigenvalue weighted by Gasteiger charge is 2.15. The van der Waals surface area contributed by atoms with Crippen LogP contribution in [0.4, 0.5) is 5.69 Å². The number of hydrogen-bond acceptors (Lipinski definition) is 2. The van der Waals surface area contributed by atoms with Gasteiger partial charge in [-0.2, -0.15) is 0 Å². The summed E-state index contributed by atoms with van der Waals surface area (Å²) in [5, 5.41) is 0.819. The summed E-state index contributed by atoms with van der Waals surface area (Å²) in [7, 11) is 2.06. The van der Waals surface area contributed by atoms with Gasteiger partial charge in [0.2, 0.25) is 0 Å². The molecule has 0 aliphatic carbocycles. The SMILES string of the molecule is Cc1cc(C)c(N(C)CCC(C)(C)N)c(Cl)c1. The molecule has 0 aromatic heterocycles. The second kappa shape index (κ2) is 5.28. The molecule has 0 aliphatic heterocycles. The fourth-order valence-corrected chi connectivity index (χ4v) is 2.42. The van der Waals surface area contributed by atoms with Gasteiger partial charge in [-0.3, -0.25) is 0 Å². The van der Waals surface area contributed by atoms with E-state index in [4.69, 9.17) is 17.3 Å². The van der Waals surface area contributed by atoms with Gasteiger partial charge >= 0.3 is 0 Å². The van der Waals surface area contributed by atoms with Crippen molar-refractivity contribution in [2.45, 2.75) is 39.7 Å². The molecule has 0 unspecified atom stereocenters. The smallest absolute Gasteiger partial charge is 0.0644 e. The summed E-state index contributed by atoms with van der Waals surface area (Å²) in [6.45, 7) is 9.16. The topological polar surface area (TPSA) is 29.3 Å². The van der Waals surface area contributed by atoms with Crippen molar-refractivity contribution in [3.8, 4) is 0 Å². The zero-order chi connectivity index (χ0) is 13.2. The van der Waals surface area contributed by atoms with Crippen LogP contribution < -0.4 is 10.6 Å². The van der Waals surface area contributed by atoms with Crippen molar-refractivity contribution >= 4 is 17.3 Å². The Kier molecular flexibility index (Phi) is 4.45. The van der Waals surface area contributed by atoms with Crippen LogP contribution in [-0.4, -0.2) is 19.1 Å². The van der Waals surface area contributed by atoms with E-state index in [9.17, 15) is 0 Å². The molecule has 0 fully saturated rings. The minimum absolute atomic E-state index is 0.140. The van der Waals surface area contributed by atoms with E-state index in [1.165, 1.54) is 11.1 Å². The van der Waals surface area contributed by atoms with Gasteiger partial charge in [0, 0.05) is 19.1 Å². The summed E-state index contributed by atoms with van der Waals surface area (Å²) in [6.07, 6.45) is 0.938. The van der Waals surface area contributed by atoms with Crippen LogP contribution in [0, 0.1) is 13.8 Å². The summed E-state index contributed by atoms with van der Waals surface area (Å²) in [4.78, 5) is 2.19. The molecule has 0 radical (unpaired) electrons. The van der Waals surface area contributed by atoms with E-state index in [1.807, 2.05) is 19.9 Å². The second-order valence-corrected chi connectivity index (χ2v) is 5.98. The summed E-state index contributed by atoms with van der Waals surface area (Å²) in [5.74, 6) is 0. The van der Waals surface area contributed by atoms with Crippen LogP contribution >= 0.6 is 11.6 Å². The van der Waals surface area contributed by atoms with Crippen molar-refractivity contribution in [2.75, 3.05) is 18.5 Å². The van der Waals surface area contributed by atoms with Crippen molar-refractivity contribution in [3.63, 3.8) is 0 Å². The largest absolute Gasteiger partial charge is 0.373 e. The fourth-order valence-electron chi connectivity index (χ4n) is 1.96. The molecule has 2 nitrogen and oxygen atoms in total. The second-order valence-electron chi connectivity index (χ2n) is 5.57. The number of hydrogen-bond donors (Lipinski definition) is 1. The van der Waals surface area contributed by atoms with Gasteiger partial charge in [0.05, 0.1) is 10.7 Å². The molecule has 0 amide bonds. The lowest BCUT2D eigenvalue weighted by Crippen LogP contribution is -2.36. The maximum Gasteiger partial charge on any atom is 0.0644 e. The number of anilines is 1. The molecule has 0 saturated carbocycles. The molecule has 2 N–H and O–H groups in total. The van der Waals surface area contributed by atoms with E-state index in [2.05, 4.69) is 31.9 Å². The minimum atomic E-state index is -0.140. The summed E-state index contributed by atoms with van der Waals surface area (Å²) in [6, 6.07) is 4.17. The normalized spacial score (nSPS) is 11.7. The lowest BCUT2D eigenvalue weighted by Gasteiger charge is -2.27. The quantitative estimate of drug-likeness (QED) is 0.891. The van der Waals surface area contributed by atoms with E-state index in [1.54, 1.807) is 0 Å². The molecule has 3 heteroatoms. The number of benzene rings is 1. The van der Waals surface area contributed by atoms with Gasteiger partial charge in [0.25, 0.3) is 0 Å². The van der Waals surface area contributed by atoms with E-state index in [-0.39, 0.29) is 5.54 Å². The van der Waals surface area contributed by atoms with Crippen molar-refractivity contribution in [3.05, 3.63) is 28.3 Å². The lowest BCUT2D eigenvalue weighted by molar-refractivity contribution is 0.479. The van der Waals surface area contributed by atoms with E-state index in [0.717, 1.165) is 23.7 Å². The third kappa shape index (κ3) is 4.21. The number of rotatable bonds is 4. The first kappa shape index (κ1) is 14.3. The maximum absolute atomic E-state index is 6.31. The van der Waals surface area contributed by atoms with E-state index < -0.39 is 0 Å². The lowest BCUT2D eigenvalue weighted by atomic mass is 10.0. The number of nitrogens with two attached hydrogens (primary N) is 1. The summed E-state index contributed by atoms with van der Waals surface area (Å²) < 4.78 is 0. The molecule has 1 aromatic rings. The maximum atomic E-state index is 6.31. The molecule has 17 heavy (non-hydrogen) atoms. The van der Waals surface area contributed by atoms with Crippen molar-refractivity contribution in [1.82, 2.24) is 0 Å². The highest BCUT2D eigenvalue weighted by atomic mass is 35.5. The standard InChI is InChI=1S/C14H23ClN2/c1-10-8-11(2)13(12(15)9-10)17(5)7-6-14(3,4)16/h8-9H,6-7,16H2,1-5H3. The number of aryl methyl sites for hydroxylation is 2. The van der Waals surface area contributed by atoms with Gasteiger partial charge < -0.3 is 10.6 Å². The molecular weight excluding hydrogens is 232 g/mol. The Morgan fingerprint density at radius 1 is 1.29 bits per heavy atom. The first-order chi connectivity index (χ1) is 7.70. The van der Waals surface area contributed by atoms with Gasteiger partial charge in [0.1, 0.15) is 0 Å². The Morgan fingerprint density at radius 2 is 1.88 bits per heavy atom. The molecule has 0 spiro atoms. The van der Waals surface area contributed by atoms with Crippen LogP contribution in [-0.2, 0) is 0 Å². The van der Waals surface area contributed by atoms with E-state index in [0.29, 0.717) is 0 Å². The third-order valence-corrected chi connectivity index (χ3v) is 3.16. The van der Waals surface area contributed by atoms with Gasteiger partial charge in [-0.1, -0.05) is 17.7 Å². The highest BCUT2D eigenvalue weighted by molar-refractivity contribution is 6.33. The van der Waals surface area contributed by atoms with Gasteiger partial charge in [-0.15, -0.1) is 0 Å². The fraction of sp³-hybridized carbons (Fsp3) is 0.571. The zero-order valence-electron chi connectivity index (χ0n) is 11.5. The molecule has 96 valence electrons. The Labute approximate surface area is 110 Å². The summed E-state index contributed by atoms with van der Waals surface area (Å²) in [5.41, 5.74) is 9.39.